The minimum absolute atomic E-state index is 0.00414. The highest BCUT2D eigenvalue weighted by atomic mass is 35.7. The molecule has 0 radical (unpaired) electrons. The monoisotopic (exact) mass is 302 g/mol. The molecule has 104 valence electrons. The van der Waals surface area contributed by atoms with Gasteiger partial charge in [0.1, 0.15) is 4.90 Å². The Morgan fingerprint density at radius 3 is 2.79 bits per heavy atom. The third-order valence-corrected chi connectivity index (χ3v) is 4.23. The molecule has 0 saturated heterocycles. The zero-order valence-electron chi connectivity index (χ0n) is 10.7. The first kappa shape index (κ1) is 14.1. The summed E-state index contributed by atoms with van der Waals surface area (Å²) >= 11 is 0. The van der Waals surface area contributed by atoms with Crippen LogP contribution in [0, 0.1) is 0 Å². The lowest BCUT2D eigenvalue weighted by Gasteiger charge is -2.08. The number of hydrogen-bond acceptors (Lipinski definition) is 4. The molecule has 19 heavy (non-hydrogen) atoms. The average Bonchev–Trinajstić information content (AvgIpc) is 2.97. The van der Waals surface area contributed by atoms with E-state index in [4.69, 9.17) is 10.7 Å². The van der Waals surface area contributed by atoms with E-state index in [9.17, 15) is 8.42 Å². The maximum Gasteiger partial charge on any atom is 0.264 e. The highest BCUT2D eigenvalue weighted by Crippen LogP contribution is 2.14. The molecule has 2 aromatic rings. The molecule has 0 aliphatic rings. The molecule has 0 aliphatic carbocycles. The van der Waals surface area contributed by atoms with E-state index in [-0.39, 0.29) is 4.90 Å². The number of hydrogen-bond donors (Lipinski definition) is 0. The SMILES string of the molecule is CCC(C)n1ccc(Cn2cc(S(=O)(=O)Cl)cn2)n1. The van der Waals surface area contributed by atoms with E-state index >= 15 is 0 Å². The zero-order chi connectivity index (χ0) is 14.0. The number of halogens is 1. The first-order chi connectivity index (χ1) is 8.90. The number of aromatic nitrogens is 4. The molecule has 0 aromatic carbocycles. The Bertz CT molecular complexity index is 662. The van der Waals surface area contributed by atoms with E-state index in [1.165, 1.54) is 17.1 Å². The van der Waals surface area contributed by atoms with Crippen LogP contribution in [0.2, 0.25) is 0 Å². The minimum atomic E-state index is -3.72. The Morgan fingerprint density at radius 2 is 2.21 bits per heavy atom. The van der Waals surface area contributed by atoms with Gasteiger partial charge in [0, 0.05) is 29.1 Å². The van der Waals surface area contributed by atoms with Crippen molar-refractivity contribution in [2.24, 2.45) is 0 Å². The highest BCUT2D eigenvalue weighted by Gasteiger charge is 2.13. The summed E-state index contributed by atoms with van der Waals surface area (Å²) in [6, 6.07) is 2.23. The fraction of sp³-hybridized carbons (Fsp3) is 0.455. The predicted molar refractivity (Wildman–Crippen MR) is 71.6 cm³/mol. The molecule has 6 nitrogen and oxygen atoms in total. The van der Waals surface area contributed by atoms with Crippen molar-refractivity contribution in [1.29, 1.82) is 0 Å². The molecule has 0 aliphatic heterocycles. The van der Waals surface area contributed by atoms with Crippen molar-refractivity contribution in [3.63, 3.8) is 0 Å². The first-order valence-corrected chi connectivity index (χ1v) is 8.22. The Morgan fingerprint density at radius 1 is 1.47 bits per heavy atom. The summed E-state index contributed by atoms with van der Waals surface area (Å²) in [4.78, 5) is -0.00414. The smallest absolute Gasteiger partial charge is 0.264 e. The molecular formula is C11H15ClN4O2S. The van der Waals surface area contributed by atoms with Crippen LogP contribution < -0.4 is 0 Å². The van der Waals surface area contributed by atoms with Crippen molar-refractivity contribution < 1.29 is 8.42 Å². The van der Waals surface area contributed by atoms with Gasteiger partial charge in [-0.1, -0.05) is 6.92 Å². The Hall–Kier alpha value is -1.34. The lowest BCUT2D eigenvalue weighted by atomic mass is 10.3. The zero-order valence-corrected chi connectivity index (χ0v) is 12.3. The molecule has 0 bridgehead atoms. The molecule has 1 unspecified atom stereocenters. The summed E-state index contributed by atoms with van der Waals surface area (Å²) in [6.45, 7) is 4.59. The highest BCUT2D eigenvalue weighted by molar-refractivity contribution is 8.13. The average molecular weight is 303 g/mol. The molecule has 0 spiro atoms. The Labute approximate surface area is 116 Å². The van der Waals surface area contributed by atoms with E-state index in [2.05, 4.69) is 24.0 Å². The number of nitrogens with zero attached hydrogens (tertiary/aromatic N) is 4. The van der Waals surface area contributed by atoms with Crippen LogP contribution in [0.3, 0.4) is 0 Å². The van der Waals surface area contributed by atoms with Gasteiger partial charge in [0.25, 0.3) is 9.05 Å². The molecule has 0 N–H and O–H groups in total. The van der Waals surface area contributed by atoms with Crippen LogP contribution in [0.15, 0.2) is 29.6 Å². The molecular weight excluding hydrogens is 288 g/mol. The van der Waals surface area contributed by atoms with Crippen LogP contribution in [0.4, 0.5) is 0 Å². The van der Waals surface area contributed by atoms with Gasteiger partial charge in [-0.15, -0.1) is 0 Å². The van der Waals surface area contributed by atoms with Crippen LogP contribution in [-0.2, 0) is 15.6 Å². The lowest BCUT2D eigenvalue weighted by Crippen LogP contribution is -2.06. The van der Waals surface area contributed by atoms with Gasteiger partial charge in [0.05, 0.1) is 18.4 Å². The van der Waals surface area contributed by atoms with Gasteiger partial charge in [0.15, 0.2) is 0 Å². The standard InChI is InChI=1S/C11H15ClN4O2S/c1-3-9(2)16-5-4-10(14-16)7-15-8-11(6-13-15)19(12,17)18/h4-6,8-9H,3,7H2,1-2H3. The molecule has 0 amide bonds. The fourth-order valence-electron chi connectivity index (χ4n) is 1.62. The molecule has 2 rings (SSSR count). The van der Waals surface area contributed by atoms with Crippen LogP contribution in [0.5, 0.6) is 0 Å². The summed E-state index contributed by atoms with van der Waals surface area (Å²) in [7, 11) is 1.52. The van der Waals surface area contributed by atoms with E-state index in [0.717, 1.165) is 12.1 Å². The summed E-state index contributed by atoms with van der Waals surface area (Å²) in [6.07, 6.45) is 5.53. The van der Waals surface area contributed by atoms with Gasteiger partial charge in [-0.3, -0.25) is 9.36 Å². The van der Waals surface area contributed by atoms with E-state index in [0.29, 0.717) is 12.6 Å². The molecule has 2 heterocycles. The topological polar surface area (TPSA) is 69.8 Å². The van der Waals surface area contributed by atoms with Gasteiger partial charge in [-0.2, -0.15) is 10.2 Å². The second kappa shape index (κ2) is 5.34. The summed E-state index contributed by atoms with van der Waals surface area (Å²) in [5, 5.41) is 8.38. The van der Waals surface area contributed by atoms with Crippen molar-refractivity contribution in [2.45, 2.75) is 37.8 Å². The largest absolute Gasteiger partial charge is 0.270 e. The second-order valence-electron chi connectivity index (χ2n) is 4.36. The van der Waals surface area contributed by atoms with Crippen LogP contribution in [0.25, 0.3) is 0 Å². The van der Waals surface area contributed by atoms with Crippen molar-refractivity contribution in [3.05, 3.63) is 30.4 Å². The van der Waals surface area contributed by atoms with Gasteiger partial charge in [-0.05, 0) is 19.4 Å². The lowest BCUT2D eigenvalue weighted by molar-refractivity contribution is 0.471. The third-order valence-electron chi connectivity index (χ3n) is 2.92. The molecule has 1 atom stereocenters. The summed E-state index contributed by atoms with van der Waals surface area (Å²) in [5.41, 5.74) is 0.821. The Balaban J connectivity index is 2.13. The van der Waals surface area contributed by atoms with E-state index < -0.39 is 9.05 Å². The summed E-state index contributed by atoms with van der Waals surface area (Å²) < 4.78 is 25.6. The van der Waals surface area contributed by atoms with Crippen molar-refractivity contribution in [3.8, 4) is 0 Å². The third kappa shape index (κ3) is 3.36. The van der Waals surface area contributed by atoms with Gasteiger partial charge >= 0.3 is 0 Å². The van der Waals surface area contributed by atoms with Crippen LogP contribution >= 0.6 is 10.7 Å². The fourth-order valence-corrected chi connectivity index (χ4v) is 2.28. The minimum Gasteiger partial charge on any atom is -0.270 e. The molecule has 0 saturated carbocycles. The van der Waals surface area contributed by atoms with Gasteiger partial charge < -0.3 is 0 Å². The van der Waals surface area contributed by atoms with Gasteiger partial charge in [-0.25, -0.2) is 8.42 Å². The van der Waals surface area contributed by atoms with Crippen LogP contribution in [0.1, 0.15) is 32.0 Å². The van der Waals surface area contributed by atoms with Crippen molar-refractivity contribution >= 4 is 19.7 Å². The second-order valence-corrected chi connectivity index (χ2v) is 6.92. The normalized spacial score (nSPS) is 13.6. The van der Waals surface area contributed by atoms with Gasteiger partial charge in [0.2, 0.25) is 0 Å². The van der Waals surface area contributed by atoms with Crippen molar-refractivity contribution in [2.75, 3.05) is 0 Å². The van der Waals surface area contributed by atoms with E-state index in [1.54, 1.807) is 0 Å². The summed E-state index contributed by atoms with van der Waals surface area (Å²) in [5.74, 6) is 0. The molecule has 0 fully saturated rings. The maximum atomic E-state index is 11.1. The van der Waals surface area contributed by atoms with Crippen molar-refractivity contribution in [1.82, 2.24) is 19.6 Å². The maximum absolute atomic E-state index is 11.1. The van der Waals surface area contributed by atoms with E-state index in [1.807, 2.05) is 16.9 Å². The number of rotatable bonds is 5. The molecule has 2 aromatic heterocycles. The first-order valence-electron chi connectivity index (χ1n) is 5.91. The quantitative estimate of drug-likeness (QED) is 0.792. The predicted octanol–water partition coefficient (Wildman–Crippen LogP) is 2.03. The Kier molecular flexibility index (Phi) is 3.96. The van der Waals surface area contributed by atoms with Crippen LogP contribution in [-0.4, -0.2) is 28.0 Å². The molecule has 8 heteroatoms.